The molecule has 196 valence electrons. The minimum atomic E-state index is -0.625. The Labute approximate surface area is 215 Å². The number of carbonyl (C=O) groups excluding carboxylic acids is 3. The third-order valence-corrected chi connectivity index (χ3v) is 8.54. The molecule has 0 saturated carbocycles. The van der Waals surface area contributed by atoms with Crippen LogP contribution in [-0.4, -0.2) is 85.8 Å². The predicted octanol–water partition coefficient (Wildman–Crippen LogP) is 0.943. The maximum atomic E-state index is 13.2. The molecule has 3 saturated heterocycles. The highest BCUT2D eigenvalue weighted by molar-refractivity contribution is 6.05. The highest BCUT2D eigenvalue weighted by Gasteiger charge is 2.47. The van der Waals surface area contributed by atoms with Gasteiger partial charge in [-0.15, -0.1) is 0 Å². The largest absolute Gasteiger partial charge is 0.492 e. The van der Waals surface area contributed by atoms with E-state index in [-0.39, 0.29) is 23.7 Å². The van der Waals surface area contributed by atoms with Gasteiger partial charge in [0.15, 0.2) is 0 Å². The molecule has 0 aliphatic carbocycles. The van der Waals surface area contributed by atoms with Crippen LogP contribution in [0.15, 0.2) is 23.9 Å². The number of hydrogen-bond donors (Lipinski definition) is 3. The Hall–Kier alpha value is -3.24. The van der Waals surface area contributed by atoms with Crippen molar-refractivity contribution in [3.8, 4) is 5.75 Å². The number of carbonyl (C=O) groups is 3. The molecule has 1 atom stereocenters. The van der Waals surface area contributed by atoms with E-state index in [1.165, 1.54) is 6.21 Å². The van der Waals surface area contributed by atoms with Crippen LogP contribution in [0, 0.1) is 11.3 Å². The summed E-state index contributed by atoms with van der Waals surface area (Å²) >= 11 is 0. The van der Waals surface area contributed by atoms with Gasteiger partial charge in [0.05, 0.1) is 26.4 Å². The van der Waals surface area contributed by atoms with Crippen molar-refractivity contribution in [2.24, 2.45) is 5.92 Å². The van der Waals surface area contributed by atoms with Crippen LogP contribution in [0.4, 0.5) is 0 Å². The van der Waals surface area contributed by atoms with E-state index in [0.717, 1.165) is 74.7 Å². The number of nitrogens with one attached hydrogen (secondary N) is 3. The van der Waals surface area contributed by atoms with E-state index in [4.69, 9.17) is 14.9 Å². The number of amides is 3. The molecule has 0 bridgehead atoms. The summed E-state index contributed by atoms with van der Waals surface area (Å²) in [4.78, 5) is 41.1. The van der Waals surface area contributed by atoms with Crippen LogP contribution in [0.25, 0.3) is 0 Å². The number of hydrogen-bond acceptors (Lipinski definition) is 8. The number of ether oxygens (including phenoxy) is 2. The van der Waals surface area contributed by atoms with Crippen molar-refractivity contribution in [1.29, 1.82) is 5.41 Å². The van der Waals surface area contributed by atoms with Gasteiger partial charge in [-0.2, -0.15) is 0 Å². The number of benzene rings is 1. The van der Waals surface area contributed by atoms with Crippen LogP contribution in [0.2, 0.25) is 0 Å². The highest BCUT2D eigenvalue weighted by atomic mass is 16.5. The van der Waals surface area contributed by atoms with Crippen LogP contribution in [-0.2, 0) is 26.3 Å². The van der Waals surface area contributed by atoms with Crippen molar-refractivity contribution in [2.45, 2.75) is 43.7 Å². The zero-order valence-electron chi connectivity index (χ0n) is 20.9. The van der Waals surface area contributed by atoms with Gasteiger partial charge in [-0.25, -0.2) is 0 Å². The Bertz CT molecular complexity index is 1170. The summed E-state index contributed by atoms with van der Waals surface area (Å²) in [6, 6.07) is 3.30. The van der Waals surface area contributed by atoms with Gasteiger partial charge in [0, 0.05) is 59.9 Å². The van der Waals surface area contributed by atoms with E-state index in [0.29, 0.717) is 31.1 Å². The zero-order chi connectivity index (χ0) is 25.6. The Kier molecular flexibility index (Phi) is 6.24. The van der Waals surface area contributed by atoms with Crippen molar-refractivity contribution in [3.63, 3.8) is 0 Å². The van der Waals surface area contributed by atoms with Gasteiger partial charge in [0.1, 0.15) is 11.8 Å². The molecule has 5 aliphatic rings. The summed E-state index contributed by atoms with van der Waals surface area (Å²) in [5.74, 6) is 0.512. The molecule has 1 aromatic carbocycles. The Morgan fingerprint density at radius 3 is 2.73 bits per heavy atom. The average molecular weight is 508 g/mol. The van der Waals surface area contributed by atoms with Crippen molar-refractivity contribution in [1.82, 2.24) is 20.4 Å². The molecule has 5 aliphatic heterocycles. The lowest BCUT2D eigenvalue weighted by Gasteiger charge is -2.38. The minimum Gasteiger partial charge on any atom is -0.492 e. The summed E-state index contributed by atoms with van der Waals surface area (Å²) in [5, 5.41) is 13.5. The van der Waals surface area contributed by atoms with Crippen LogP contribution in [0.3, 0.4) is 0 Å². The molecule has 10 nitrogen and oxygen atoms in total. The second kappa shape index (κ2) is 9.57. The summed E-state index contributed by atoms with van der Waals surface area (Å²) in [6.07, 6.45) is 5.87. The first-order valence-corrected chi connectivity index (χ1v) is 13.1. The maximum Gasteiger partial charge on any atom is 0.255 e. The first-order chi connectivity index (χ1) is 18.0. The molecule has 0 aromatic heterocycles. The smallest absolute Gasteiger partial charge is 0.255 e. The molecular formula is C27H33N5O5. The Morgan fingerprint density at radius 1 is 1.22 bits per heavy atom. The van der Waals surface area contributed by atoms with Gasteiger partial charge in [-0.05, 0) is 44.0 Å². The molecule has 5 heterocycles. The van der Waals surface area contributed by atoms with Gasteiger partial charge in [0.2, 0.25) is 11.8 Å². The fraction of sp³-hybridized carbons (Fsp3) is 0.556. The number of imide groups is 1. The lowest BCUT2D eigenvalue weighted by molar-refractivity contribution is -0.136. The standard InChI is InChI=1S/C27H33N5O5/c28-9-17(10-29-11-18-14-36-15-18)12-31-7-5-27(6-8-31)16-37-24-20-13-32(22-3-4-23(33)30-25(22)34)26(35)19(20)1-2-21(24)27/h1-2,9-10,18,22,28-29H,3-8,11-16H2,(H,30,33,34)/b17-10+,28-9?. The van der Waals surface area contributed by atoms with Crippen molar-refractivity contribution >= 4 is 23.9 Å². The summed E-state index contributed by atoms with van der Waals surface area (Å²) < 4.78 is 11.5. The van der Waals surface area contributed by atoms with Gasteiger partial charge < -0.3 is 25.1 Å². The number of nitrogens with zero attached hydrogens (tertiary/aromatic N) is 2. The molecule has 3 fully saturated rings. The van der Waals surface area contributed by atoms with Crippen molar-refractivity contribution in [2.75, 3.05) is 46.0 Å². The lowest BCUT2D eigenvalue weighted by atomic mass is 9.74. The molecule has 1 spiro atoms. The van der Waals surface area contributed by atoms with E-state index in [9.17, 15) is 14.4 Å². The molecule has 3 N–H and O–H groups in total. The second-order valence-electron chi connectivity index (χ2n) is 10.9. The predicted molar refractivity (Wildman–Crippen MR) is 135 cm³/mol. The first-order valence-electron chi connectivity index (χ1n) is 13.1. The Morgan fingerprint density at radius 2 is 2.03 bits per heavy atom. The van der Waals surface area contributed by atoms with Gasteiger partial charge >= 0.3 is 0 Å². The number of rotatable bonds is 7. The fourth-order valence-corrected chi connectivity index (χ4v) is 6.19. The topological polar surface area (TPSA) is 124 Å². The molecule has 1 unspecified atom stereocenters. The number of likely N-dealkylation sites (tertiary alicyclic amines) is 1. The normalized spacial score (nSPS) is 25.4. The van der Waals surface area contributed by atoms with Gasteiger partial charge in [-0.1, -0.05) is 6.07 Å². The third-order valence-electron chi connectivity index (χ3n) is 8.54. The van der Waals surface area contributed by atoms with Gasteiger partial charge in [-0.3, -0.25) is 24.6 Å². The van der Waals surface area contributed by atoms with Crippen LogP contribution in [0.1, 0.15) is 47.2 Å². The van der Waals surface area contributed by atoms with E-state index in [1.807, 2.05) is 18.3 Å². The fourth-order valence-electron chi connectivity index (χ4n) is 6.19. The van der Waals surface area contributed by atoms with Crippen LogP contribution >= 0.6 is 0 Å². The monoisotopic (exact) mass is 507 g/mol. The molecule has 10 heteroatoms. The highest BCUT2D eigenvalue weighted by Crippen LogP contribution is 2.49. The van der Waals surface area contributed by atoms with E-state index in [1.54, 1.807) is 4.90 Å². The molecular weight excluding hydrogens is 474 g/mol. The number of piperidine rings is 2. The molecule has 37 heavy (non-hydrogen) atoms. The Balaban J connectivity index is 1.12. The number of fused-ring (bicyclic) bond motifs is 4. The van der Waals surface area contributed by atoms with Gasteiger partial charge in [0.25, 0.3) is 5.91 Å². The summed E-state index contributed by atoms with van der Waals surface area (Å²) in [6.45, 7) is 5.97. The minimum absolute atomic E-state index is 0.0804. The molecule has 1 aromatic rings. The third kappa shape index (κ3) is 4.31. The van der Waals surface area contributed by atoms with Crippen molar-refractivity contribution < 1.29 is 23.9 Å². The van der Waals surface area contributed by atoms with Crippen LogP contribution in [0.5, 0.6) is 5.75 Å². The summed E-state index contributed by atoms with van der Waals surface area (Å²) in [5.41, 5.74) is 3.51. The van der Waals surface area contributed by atoms with Crippen molar-refractivity contribution in [3.05, 3.63) is 40.6 Å². The average Bonchev–Trinajstić information content (AvgIpc) is 3.39. The second-order valence-corrected chi connectivity index (χ2v) is 10.9. The quantitative estimate of drug-likeness (QED) is 0.371. The zero-order valence-corrected chi connectivity index (χ0v) is 20.9. The maximum absolute atomic E-state index is 13.2. The van der Waals surface area contributed by atoms with E-state index < -0.39 is 11.9 Å². The molecule has 0 radical (unpaired) electrons. The first kappa shape index (κ1) is 24.1. The van der Waals surface area contributed by atoms with Crippen LogP contribution < -0.4 is 15.4 Å². The van der Waals surface area contributed by atoms with E-state index >= 15 is 0 Å². The SMILES string of the molecule is N=C/C(=C\NCC1COC1)CN1CCC2(CC1)COc1c2ccc2c1CN(C1CCC(=O)NC1=O)C2=O. The lowest BCUT2D eigenvalue weighted by Crippen LogP contribution is -2.52. The molecule has 6 rings (SSSR count). The summed E-state index contributed by atoms with van der Waals surface area (Å²) in [7, 11) is 0. The molecule has 3 amide bonds. The van der Waals surface area contributed by atoms with E-state index in [2.05, 4.69) is 15.5 Å².